The zero-order valence-electron chi connectivity index (χ0n) is 9.89. The molecule has 0 spiro atoms. The van der Waals surface area contributed by atoms with Crippen LogP contribution in [0, 0.1) is 0 Å². The summed E-state index contributed by atoms with van der Waals surface area (Å²) in [4.78, 5) is 11.1. The zero-order valence-corrected chi connectivity index (χ0v) is 9.89. The van der Waals surface area contributed by atoms with E-state index < -0.39 is 0 Å². The van der Waals surface area contributed by atoms with Gasteiger partial charge in [-0.2, -0.15) is 0 Å². The molecule has 3 rings (SSSR count). The Morgan fingerprint density at radius 1 is 0.833 bits per heavy atom. The second kappa shape index (κ2) is 4.15. The topological polar surface area (TPSA) is 43.1 Å². The normalized spacial score (nSPS) is 10.9. The molecule has 0 bridgehead atoms. The fourth-order valence-electron chi connectivity index (χ4n) is 2.45. The Kier molecular flexibility index (Phi) is 2.49. The molecule has 3 aromatic rings. The standard InChI is InChI=1S/C16H13NO/c17-16(18)10-12-5-3-7-15-13-6-2-1-4-11(13)8-9-14(12)15/h1-9H,10H2,(H2,17,18). The first kappa shape index (κ1) is 10.8. The Hall–Kier alpha value is -2.35. The predicted molar refractivity (Wildman–Crippen MR) is 74.4 cm³/mol. The molecule has 88 valence electrons. The molecule has 18 heavy (non-hydrogen) atoms. The third kappa shape index (κ3) is 1.72. The van der Waals surface area contributed by atoms with Crippen LogP contribution in [0.2, 0.25) is 0 Å². The lowest BCUT2D eigenvalue weighted by atomic mass is 9.97. The molecule has 0 saturated heterocycles. The van der Waals surface area contributed by atoms with Gasteiger partial charge in [0.2, 0.25) is 5.91 Å². The van der Waals surface area contributed by atoms with Crippen LogP contribution in [0.4, 0.5) is 0 Å². The number of benzene rings is 3. The van der Waals surface area contributed by atoms with Crippen molar-refractivity contribution in [3.8, 4) is 0 Å². The lowest BCUT2D eigenvalue weighted by molar-refractivity contribution is -0.117. The summed E-state index contributed by atoms with van der Waals surface area (Å²) in [6.07, 6.45) is 0.287. The molecule has 0 aliphatic heterocycles. The van der Waals surface area contributed by atoms with Crippen molar-refractivity contribution >= 4 is 27.5 Å². The number of carbonyl (C=O) groups excluding carboxylic acids is 1. The van der Waals surface area contributed by atoms with Gasteiger partial charge in [-0.15, -0.1) is 0 Å². The number of hydrogen-bond acceptors (Lipinski definition) is 1. The van der Waals surface area contributed by atoms with E-state index in [-0.39, 0.29) is 12.3 Å². The molecule has 2 nitrogen and oxygen atoms in total. The van der Waals surface area contributed by atoms with Gasteiger partial charge in [0, 0.05) is 0 Å². The van der Waals surface area contributed by atoms with Crippen LogP contribution in [0.1, 0.15) is 5.56 Å². The van der Waals surface area contributed by atoms with Crippen molar-refractivity contribution in [3.63, 3.8) is 0 Å². The second-order valence-electron chi connectivity index (χ2n) is 4.44. The average molecular weight is 235 g/mol. The average Bonchev–Trinajstić information content (AvgIpc) is 2.38. The largest absolute Gasteiger partial charge is 0.369 e. The molecule has 0 aromatic heterocycles. The van der Waals surface area contributed by atoms with Gasteiger partial charge in [-0.05, 0) is 27.1 Å². The molecule has 0 atom stereocenters. The zero-order chi connectivity index (χ0) is 12.5. The van der Waals surface area contributed by atoms with Crippen LogP contribution in [0.5, 0.6) is 0 Å². The minimum Gasteiger partial charge on any atom is -0.369 e. The van der Waals surface area contributed by atoms with Gasteiger partial charge >= 0.3 is 0 Å². The highest BCUT2D eigenvalue weighted by molar-refractivity contribution is 6.08. The lowest BCUT2D eigenvalue weighted by Crippen LogP contribution is -2.13. The summed E-state index contributed by atoms with van der Waals surface area (Å²) in [7, 11) is 0. The Morgan fingerprint density at radius 2 is 1.61 bits per heavy atom. The predicted octanol–water partition coefficient (Wildman–Crippen LogP) is 3.02. The number of nitrogens with two attached hydrogens (primary N) is 1. The maximum absolute atomic E-state index is 11.1. The fourth-order valence-corrected chi connectivity index (χ4v) is 2.45. The van der Waals surface area contributed by atoms with Crippen LogP contribution in [-0.4, -0.2) is 5.91 Å². The molecule has 2 heteroatoms. The van der Waals surface area contributed by atoms with Gasteiger partial charge in [-0.1, -0.05) is 54.6 Å². The number of rotatable bonds is 2. The van der Waals surface area contributed by atoms with E-state index in [1.165, 1.54) is 16.2 Å². The molecule has 1 amide bonds. The van der Waals surface area contributed by atoms with Crippen molar-refractivity contribution in [1.29, 1.82) is 0 Å². The smallest absolute Gasteiger partial charge is 0.221 e. The monoisotopic (exact) mass is 235 g/mol. The Bertz CT molecular complexity index is 746. The summed E-state index contributed by atoms with van der Waals surface area (Å²) in [5.41, 5.74) is 6.28. The third-order valence-corrected chi connectivity index (χ3v) is 3.24. The van der Waals surface area contributed by atoms with Gasteiger partial charge < -0.3 is 5.73 Å². The van der Waals surface area contributed by atoms with E-state index >= 15 is 0 Å². The summed E-state index contributed by atoms with van der Waals surface area (Å²) in [6.45, 7) is 0. The van der Waals surface area contributed by atoms with Crippen LogP contribution in [0.15, 0.2) is 54.6 Å². The Labute approximate surface area is 105 Å². The first-order valence-electron chi connectivity index (χ1n) is 5.93. The van der Waals surface area contributed by atoms with Crippen molar-refractivity contribution in [2.24, 2.45) is 5.73 Å². The van der Waals surface area contributed by atoms with Gasteiger partial charge in [0.05, 0.1) is 6.42 Å². The molecule has 3 aromatic carbocycles. The quantitative estimate of drug-likeness (QED) is 0.682. The summed E-state index contributed by atoms with van der Waals surface area (Å²) >= 11 is 0. The van der Waals surface area contributed by atoms with E-state index in [4.69, 9.17) is 5.73 Å². The van der Waals surface area contributed by atoms with E-state index in [0.29, 0.717) is 0 Å². The van der Waals surface area contributed by atoms with E-state index in [1.807, 2.05) is 24.3 Å². The van der Waals surface area contributed by atoms with Gasteiger partial charge in [0.25, 0.3) is 0 Å². The molecule has 0 unspecified atom stereocenters. The highest BCUT2D eigenvalue weighted by Crippen LogP contribution is 2.27. The van der Waals surface area contributed by atoms with Crippen molar-refractivity contribution in [3.05, 3.63) is 60.2 Å². The highest BCUT2D eigenvalue weighted by Gasteiger charge is 2.06. The molecule has 2 N–H and O–H groups in total. The number of amides is 1. The molecule has 0 fully saturated rings. The number of primary amides is 1. The van der Waals surface area contributed by atoms with Crippen LogP contribution < -0.4 is 5.73 Å². The van der Waals surface area contributed by atoms with Crippen LogP contribution in [0.25, 0.3) is 21.5 Å². The van der Waals surface area contributed by atoms with E-state index in [2.05, 4.69) is 30.3 Å². The minimum absolute atomic E-state index is 0.287. The summed E-state index contributed by atoms with van der Waals surface area (Å²) in [5.74, 6) is -0.296. The first-order chi connectivity index (χ1) is 8.75. The highest BCUT2D eigenvalue weighted by atomic mass is 16.1. The Balaban J connectivity index is 2.36. The number of hydrogen-bond donors (Lipinski definition) is 1. The van der Waals surface area contributed by atoms with Crippen molar-refractivity contribution in [1.82, 2.24) is 0 Å². The molecule has 0 radical (unpaired) electrons. The number of carbonyl (C=O) groups is 1. The minimum atomic E-state index is -0.296. The molecular weight excluding hydrogens is 222 g/mol. The van der Waals surface area contributed by atoms with Crippen molar-refractivity contribution in [2.45, 2.75) is 6.42 Å². The lowest BCUT2D eigenvalue weighted by Gasteiger charge is -2.07. The van der Waals surface area contributed by atoms with E-state index in [1.54, 1.807) is 0 Å². The molecule has 0 heterocycles. The fraction of sp³-hybridized carbons (Fsp3) is 0.0625. The molecule has 0 aliphatic carbocycles. The number of fused-ring (bicyclic) bond motifs is 3. The maximum atomic E-state index is 11.1. The summed E-state index contributed by atoms with van der Waals surface area (Å²) in [6, 6.07) is 18.4. The van der Waals surface area contributed by atoms with E-state index in [9.17, 15) is 4.79 Å². The SMILES string of the molecule is NC(=O)Cc1cccc2c1ccc1ccccc12. The van der Waals surface area contributed by atoms with Gasteiger partial charge in [0.1, 0.15) is 0 Å². The van der Waals surface area contributed by atoms with Crippen LogP contribution in [-0.2, 0) is 11.2 Å². The summed E-state index contributed by atoms with van der Waals surface area (Å²) < 4.78 is 0. The van der Waals surface area contributed by atoms with Crippen molar-refractivity contribution < 1.29 is 4.79 Å². The third-order valence-electron chi connectivity index (χ3n) is 3.24. The maximum Gasteiger partial charge on any atom is 0.221 e. The van der Waals surface area contributed by atoms with Crippen LogP contribution in [0.3, 0.4) is 0 Å². The molecule has 0 aliphatic rings. The van der Waals surface area contributed by atoms with E-state index in [0.717, 1.165) is 10.9 Å². The first-order valence-corrected chi connectivity index (χ1v) is 5.93. The summed E-state index contributed by atoms with van der Waals surface area (Å²) in [5, 5.41) is 4.70. The molecular formula is C16H13NO. The van der Waals surface area contributed by atoms with Gasteiger partial charge in [0.15, 0.2) is 0 Å². The Morgan fingerprint density at radius 3 is 2.44 bits per heavy atom. The van der Waals surface area contributed by atoms with Crippen LogP contribution >= 0.6 is 0 Å². The van der Waals surface area contributed by atoms with Gasteiger partial charge in [-0.25, -0.2) is 0 Å². The van der Waals surface area contributed by atoms with Gasteiger partial charge in [-0.3, -0.25) is 4.79 Å². The second-order valence-corrected chi connectivity index (χ2v) is 4.44. The molecule has 0 saturated carbocycles. The van der Waals surface area contributed by atoms with Crippen molar-refractivity contribution in [2.75, 3.05) is 0 Å².